The molecule has 1 aromatic heterocycles. The third kappa shape index (κ3) is 22.5. The van der Waals surface area contributed by atoms with Crippen molar-refractivity contribution in [3.63, 3.8) is 0 Å². The van der Waals surface area contributed by atoms with E-state index in [9.17, 15) is 34.3 Å². The molecule has 23 nitrogen and oxygen atoms in total. The summed E-state index contributed by atoms with van der Waals surface area (Å²) in [6.45, 7) is 4.30. The van der Waals surface area contributed by atoms with Gasteiger partial charge in [0.25, 0.3) is 0 Å². The van der Waals surface area contributed by atoms with Gasteiger partial charge >= 0.3 is 13.6 Å². The van der Waals surface area contributed by atoms with Gasteiger partial charge in [0.2, 0.25) is 18.1 Å². The van der Waals surface area contributed by atoms with Gasteiger partial charge in [-0.1, -0.05) is 11.1 Å². The van der Waals surface area contributed by atoms with Crippen LogP contribution in [-0.2, 0) is 50.8 Å². The van der Waals surface area contributed by atoms with Crippen LogP contribution in [0.3, 0.4) is 0 Å². The quantitative estimate of drug-likeness (QED) is 0.0247. The first-order chi connectivity index (χ1) is 32.8. The number of ether oxygens (including phenoxy) is 6. The highest BCUT2D eigenvalue weighted by Gasteiger charge is 2.45. The van der Waals surface area contributed by atoms with Crippen LogP contribution in [0.1, 0.15) is 49.8 Å². The number of benzene rings is 2. The number of hydrogen-bond donors (Lipinski definition) is 9. The normalized spacial score (nSPS) is 17.9. The van der Waals surface area contributed by atoms with E-state index in [1.54, 1.807) is 47.1 Å². The number of carbonyl (C=O) groups is 3. The Balaban J connectivity index is 0.909. The number of nitrogens with one attached hydrogen (secondary N) is 4. The molecular weight excluding hydrogens is 911 g/mol. The predicted molar refractivity (Wildman–Crippen MR) is 243 cm³/mol. The lowest BCUT2D eigenvalue weighted by Crippen LogP contribution is -2.59. The lowest BCUT2D eigenvalue weighted by molar-refractivity contribution is -0.272. The van der Waals surface area contributed by atoms with Gasteiger partial charge in [-0.3, -0.25) is 14.2 Å². The van der Waals surface area contributed by atoms with E-state index in [1.807, 2.05) is 6.20 Å². The fourth-order valence-electron chi connectivity index (χ4n) is 6.28. The second-order valence-electron chi connectivity index (χ2n) is 15.3. The maximum Gasteiger partial charge on any atom is 0.325 e. The molecule has 0 unspecified atom stereocenters. The Bertz CT molecular complexity index is 2120. The number of nitriles is 1. The fourth-order valence-corrected chi connectivity index (χ4v) is 6.87. The zero-order valence-electron chi connectivity index (χ0n) is 37.6. The van der Waals surface area contributed by atoms with Crippen molar-refractivity contribution in [2.24, 2.45) is 0 Å². The lowest BCUT2D eigenvalue weighted by atomic mass is 9.97. The zero-order valence-corrected chi connectivity index (χ0v) is 38.5. The number of aromatic nitrogens is 3. The van der Waals surface area contributed by atoms with Crippen LogP contribution in [-0.4, -0.2) is 161 Å². The molecule has 0 spiro atoms. The summed E-state index contributed by atoms with van der Waals surface area (Å²) in [7, 11) is -4.38. The summed E-state index contributed by atoms with van der Waals surface area (Å²) in [6.07, 6.45) is -3.37. The number of amides is 4. The lowest BCUT2D eigenvalue weighted by Gasteiger charge is -2.40. The Morgan fingerprint density at radius 2 is 1.38 bits per heavy atom. The third-order valence-corrected chi connectivity index (χ3v) is 10.7. The molecular formula is C44H61N8O15P. The molecule has 0 bridgehead atoms. The molecule has 1 fully saturated rings. The van der Waals surface area contributed by atoms with Gasteiger partial charge in [0.05, 0.1) is 77.4 Å². The summed E-state index contributed by atoms with van der Waals surface area (Å²) in [5, 5.41) is 58.5. The molecule has 5 atom stereocenters. The molecule has 2 aromatic carbocycles. The van der Waals surface area contributed by atoms with Gasteiger partial charge in [-0.25, -0.2) is 9.48 Å². The molecule has 3 aromatic rings. The number of rotatable bonds is 31. The first-order valence-corrected chi connectivity index (χ1v) is 23.9. The Hall–Kier alpha value is -5.53. The standard InChI is InChI=1S/C44H61N8O15P/c45-18-3-5-32-8-10-33(11-9-32)48-39(54)7-4-20-46-38(53)16-22-62-24-26-64-28-29-65-27-25-63-23-21-52-31-35(50-51-52)6-1-2-19-47-44(58)49-34-12-14-36(15-13-34)66-43-42(57)41(56)40(55)37(67-43)17-30-68(59,60)61/h8-15,31,37,40-43,55-57H,1-2,4,6-7,16-17,19-30H2,(H,46,53)(H,48,54)(H2,47,49,58)(H2,59,60,61)/t37-,40-,41+,42+,43+/m1/s1. The molecule has 0 radical (unpaired) electrons. The molecule has 0 aliphatic carbocycles. The summed E-state index contributed by atoms with van der Waals surface area (Å²) in [5.74, 6) is 4.88. The molecule has 1 saturated heterocycles. The van der Waals surface area contributed by atoms with Crippen molar-refractivity contribution in [1.29, 1.82) is 5.26 Å². The van der Waals surface area contributed by atoms with E-state index in [0.29, 0.717) is 102 Å². The fraction of sp³-hybridized carbons (Fsp3) is 0.545. The number of carbonyl (C=O) groups excluding carboxylic acids is 3. The summed E-state index contributed by atoms with van der Waals surface area (Å²) < 4.78 is 46.1. The van der Waals surface area contributed by atoms with E-state index >= 15 is 0 Å². The highest BCUT2D eigenvalue weighted by molar-refractivity contribution is 7.51. The topological polar surface area (TPSA) is 327 Å². The maximum atomic E-state index is 12.4. The number of urea groups is 1. The van der Waals surface area contributed by atoms with Gasteiger partial charge in [-0.2, -0.15) is 5.26 Å². The van der Waals surface area contributed by atoms with Gasteiger partial charge in [-0.05, 0) is 80.6 Å². The van der Waals surface area contributed by atoms with Crippen molar-refractivity contribution < 1.29 is 72.5 Å². The number of nitrogens with zero attached hydrogens (tertiary/aromatic N) is 4. The van der Waals surface area contributed by atoms with E-state index in [4.69, 9.17) is 43.5 Å². The number of aliphatic hydroxyl groups is 3. The highest BCUT2D eigenvalue weighted by atomic mass is 31.2. The zero-order chi connectivity index (χ0) is 49.0. The summed E-state index contributed by atoms with van der Waals surface area (Å²) in [5.41, 5.74) is 2.58. The monoisotopic (exact) mass is 972 g/mol. The molecule has 2 heterocycles. The molecule has 4 rings (SSSR count). The third-order valence-electron chi connectivity index (χ3n) is 9.86. The number of anilines is 2. The second kappa shape index (κ2) is 30.8. The van der Waals surface area contributed by atoms with Gasteiger partial charge in [0.1, 0.15) is 24.1 Å². The molecule has 24 heteroatoms. The van der Waals surface area contributed by atoms with Crippen molar-refractivity contribution in [1.82, 2.24) is 25.6 Å². The number of unbranched alkanes of at least 4 members (excludes halogenated alkanes) is 1. The maximum absolute atomic E-state index is 12.4. The van der Waals surface area contributed by atoms with Crippen LogP contribution in [0.15, 0.2) is 54.7 Å². The SMILES string of the molecule is N#CC#Cc1ccc(NC(=O)CCCNC(=O)CCOCCOCCOCCOCCn2cc(CCCCNC(=O)Nc3ccc(O[C@H]4O[C@H](CCP(=O)(O)O)[C@@H](O)[C@H](O)[C@@H]4O)cc3)nn2)cc1. The number of aliphatic hydroxyl groups excluding tert-OH is 3. The van der Waals surface area contributed by atoms with E-state index in [2.05, 4.69) is 43.4 Å². The van der Waals surface area contributed by atoms with Crippen LogP contribution in [0.5, 0.6) is 5.75 Å². The van der Waals surface area contributed by atoms with Crippen LogP contribution >= 0.6 is 7.60 Å². The van der Waals surface area contributed by atoms with Crippen molar-refractivity contribution in [2.45, 2.75) is 82.2 Å². The van der Waals surface area contributed by atoms with Crippen LogP contribution < -0.4 is 26.0 Å². The van der Waals surface area contributed by atoms with Crippen LogP contribution in [0, 0.1) is 23.2 Å². The summed E-state index contributed by atoms with van der Waals surface area (Å²) in [4.78, 5) is 54.8. The molecule has 1 aliphatic rings. The minimum absolute atomic E-state index is 0.161. The highest BCUT2D eigenvalue weighted by Crippen LogP contribution is 2.37. The Morgan fingerprint density at radius 3 is 2.06 bits per heavy atom. The van der Waals surface area contributed by atoms with E-state index < -0.39 is 50.5 Å². The van der Waals surface area contributed by atoms with Crippen molar-refractivity contribution in [2.75, 3.05) is 82.7 Å². The average molecular weight is 973 g/mol. The van der Waals surface area contributed by atoms with Crippen LogP contribution in [0.4, 0.5) is 16.2 Å². The average Bonchev–Trinajstić information content (AvgIpc) is 3.77. The smallest absolute Gasteiger partial charge is 0.325 e. The summed E-state index contributed by atoms with van der Waals surface area (Å²) in [6, 6.07) is 14.3. The first kappa shape index (κ1) is 55.1. The Labute approximate surface area is 393 Å². The van der Waals surface area contributed by atoms with Crippen LogP contribution in [0.25, 0.3) is 0 Å². The first-order valence-electron chi connectivity index (χ1n) is 22.1. The molecule has 4 amide bonds. The molecule has 0 saturated carbocycles. The Morgan fingerprint density at radius 1 is 0.750 bits per heavy atom. The molecule has 9 N–H and O–H groups in total. The number of hydrogen-bond acceptors (Lipinski definition) is 16. The molecule has 68 heavy (non-hydrogen) atoms. The van der Waals surface area contributed by atoms with Crippen molar-refractivity contribution in [3.8, 4) is 23.7 Å². The van der Waals surface area contributed by atoms with Gasteiger partial charge in [0, 0.05) is 55.0 Å². The van der Waals surface area contributed by atoms with Crippen molar-refractivity contribution >= 4 is 36.8 Å². The van der Waals surface area contributed by atoms with Crippen molar-refractivity contribution in [3.05, 3.63) is 66.0 Å². The Kier molecular flexibility index (Phi) is 24.9. The van der Waals surface area contributed by atoms with E-state index in [1.165, 1.54) is 12.1 Å². The molecule has 1 aliphatic heterocycles. The predicted octanol–water partition coefficient (Wildman–Crippen LogP) is 1.04. The second-order valence-corrected chi connectivity index (χ2v) is 17.1. The molecule has 372 valence electrons. The van der Waals surface area contributed by atoms with Gasteiger partial charge in [0.15, 0.2) is 6.07 Å². The van der Waals surface area contributed by atoms with E-state index in [0.717, 1.165) is 12.1 Å². The van der Waals surface area contributed by atoms with Gasteiger partial charge in [-0.15, -0.1) is 5.10 Å². The minimum Gasteiger partial charge on any atom is -0.462 e. The largest absolute Gasteiger partial charge is 0.462 e. The minimum atomic E-state index is -4.38. The summed E-state index contributed by atoms with van der Waals surface area (Å²) >= 11 is 0. The number of aryl methyl sites for hydroxylation is 1. The van der Waals surface area contributed by atoms with Crippen LogP contribution in [0.2, 0.25) is 0 Å². The van der Waals surface area contributed by atoms with Gasteiger partial charge < -0.3 is 74.8 Å². The van der Waals surface area contributed by atoms with E-state index in [-0.39, 0.29) is 43.4 Å².